The number of benzene rings is 2. The number of hydrogen-bond donors (Lipinski definition) is 0. The highest BCUT2D eigenvalue weighted by Crippen LogP contribution is 2.44. The molecule has 0 bridgehead atoms. The molecule has 0 aliphatic heterocycles. The van der Waals surface area contributed by atoms with Crippen LogP contribution in [-0.4, -0.2) is 176 Å². The molecule has 15 heteroatoms. The molecule has 0 spiro atoms. The van der Waals surface area contributed by atoms with Gasteiger partial charge in [0.1, 0.15) is 13.2 Å². The molecule has 0 fully saturated rings. The Bertz CT molecular complexity index is 1320. The van der Waals surface area contributed by atoms with E-state index in [2.05, 4.69) is 31.2 Å². The lowest BCUT2D eigenvalue weighted by Gasteiger charge is -2.19. The lowest BCUT2D eigenvalue weighted by molar-refractivity contribution is -0.145. The fourth-order valence-electron chi connectivity index (χ4n) is 6.06. The van der Waals surface area contributed by atoms with E-state index in [1.54, 1.807) is 7.05 Å². The van der Waals surface area contributed by atoms with Crippen LogP contribution < -0.4 is 0 Å². The van der Waals surface area contributed by atoms with E-state index in [1.165, 1.54) is 27.2 Å². The number of ether oxygens (including phenoxy) is 12. The van der Waals surface area contributed by atoms with E-state index in [4.69, 9.17) is 56.8 Å². The summed E-state index contributed by atoms with van der Waals surface area (Å²) in [4.78, 5) is 25.7. The minimum absolute atomic E-state index is 0.0349. The lowest BCUT2D eigenvalue weighted by Crippen LogP contribution is -2.32. The summed E-state index contributed by atoms with van der Waals surface area (Å²) >= 11 is 0. The van der Waals surface area contributed by atoms with E-state index in [9.17, 15) is 9.59 Å². The maximum Gasteiger partial charge on any atom is 0.409 e. The van der Waals surface area contributed by atoms with Crippen molar-refractivity contribution in [1.82, 2.24) is 4.90 Å². The van der Waals surface area contributed by atoms with Gasteiger partial charge in [-0.2, -0.15) is 0 Å². The summed E-state index contributed by atoms with van der Waals surface area (Å²) in [5.41, 5.74) is 4.79. The lowest BCUT2D eigenvalue weighted by atomic mass is 9.98. The average Bonchev–Trinajstić information content (AvgIpc) is 3.59. The third kappa shape index (κ3) is 23.7. The van der Waals surface area contributed by atoms with E-state index in [1.807, 2.05) is 24.3 Å². The molecule has 1 amide bonds. The van der Waals surface area contributed by atoms with E-state index < -0.39 is 0 Å². The monoisotopic (exact) mass is 849 g/mol. The Hall–Kier alpha value is -3.22. The first-order valence-corrected chi connectivity index (χ1v) is 21.6. The van der Waals surface area contributed by atoms with Gasteiger partial charge in [0.25, 0.3) is 0 Å². The second kappa shape index (κ2) is 35.4. The van der Waals surface area contributed by atoms with Crippen LogP contribution >= 0.6 is 0 Å². The fraction of sp³-hybridized carbons (Fsp3) is 0.689. The Morgan fingerprint density at radius 1 is 0.467 bits per heavy atom. The highest BCUT2D eigenvalue weighted by atomic mass is 16.6. The Kier molecular flexibility index (Phi) is 30.2. The molecule has 60 heavy (non-hydrogen) atoms. The molecule has 340 valence electrons. The quantitative estimate of drug-likeness (QED) is 0.0610. The molecule has 0 unspecified atom stereocenters. The van der Waals surface area contributed by atoms with Gasteiger partial charge in [-0.15, -0.1) is 0 Å². The standard InChI is InChI=1S/C45H71NO14/c1-3-4-5-6-15-44(47)59-37-36-58-35-34-57-33-32-56-31-30-55-29-28-54-27-26-53-25-24-52-23-22-51-21-20-50-19-18-49-17-16-46(2)45(48)60-38-43-41-13-9-7-11-39(41)40-12-8-10-14-42(40)43/h7-14,43H,3-6,15-38H2,1-2H3. The largest absolute Gasteiger partial charge is 0.463 e. The molecule has 0 heterocycles. The number of fused-ring (bicyclic) bond motifs is 3. The summed E-state index contributed by atoms with van der Waals surface area (Å²) in [6, 6.07) is 16.6. The molecule has 0 saturated carbocycles. The van der Waals surface area contributed by atoms with Crippen LogP contribution in [0, 0.1) is 0 Å². The molecule has 0 radical (unpaired) electrons. The maximum atomic E-state index is 12.6. The highest BCUT2D eigenvalue weighted by molar-refractivity contribution is 5.79. The zero-order valence-corrected chi connectivity index (χ0v) is 36.2. The molecule has 3 rings (SSSR count). The van der Waals surface area contributed by atoms with Gasteiger partial charge in [-0.1, -0.05) is 74.7 Å². The summed E-state index contributed by atoms with van der Waals surface area (Å²) < 4.78 is 65.9. The van der Waals surface area contributed by atoms with Crippen molar-refractivity contribution in [3.05, 3.63) is 59.7 Å². The number of nitrogens with zero attached hydrogens (tertiary/aromatic N) is 1. The smallest absolute Gasteiger partial charge is 0.409 e. The molecule has 1 aliphatic carbocycles. The van der Waals surface area contributed by atoms with Crippen LogP contribution in [0.25, 0.3) is 11.1 Å². The van der Waals surface area contributed by atoms with Gasteiger partial charge >= 0.3 is 12.1 Å². The average molecular weight is 850 g/mol. The number of esters is 1. The minimum Gasteiger partial charge on any atom is -0.463 e. The summed E-state index contributed by atoms with van der Waals surface area (Å²) in [5.74, 6) is -0.122. The number of amides is 1. The fourth-order valence-corrected chi connectivity index (χ4v) is 6.06. The van der Waals surface area contributed by atoms with Crippen LogP contribution in [0.2, 0.25) is 0 Å². The maximum absolute atomic E-state index is 12.6. The van der Waals surface area contributed by atoms with Crippen LogP contribution in [0.3, 0.4) is 0 Å². The zero-order valence-electron chi connectivity index (χ0n) is 36.2. The van der Waals surface area contributed by atoms with Crippen LogP contribution in [0.1, 0.15) is 56.1 Å². The number of carbonyl (C=O) groups is 2. The first-order chi connectivity index (χ1) is 29.6. The van der Waals surface area contributed by atoms with Gasteiger partial charge < -0.3 is 61.7 Å². The summed E-state index contributed by atoms with van der Waals surface area (Å²) in [6.45, 7) is 12.4. The molecule has 15 nitrogen and oxygen atoms in total. The molecule has 1 aliphatic rings. The third-order valence-electron chi connectivity index (χ3n) is 9.29. The van der Waals surface area contributed by atoms with Crippen molar-refractivity contribution in [3.8, 4) is 11.1 Å². The summed E-state index contributed by atoms with van der Waals surface area (Å²) in [5, 5.41) is 0. The van der Waals surface area contributed by atoms with Crippen LogP contribution in [-0.2, 0) is 61.6 Å². The van der Waals surface area contributed by atoms with Crippen molar-refractivity contribution in [2.75, 3.05) is 159 Å². The van der Waals surface area contributed by atoms with E-state index in [0.717, 1.165) is 25.7 Å². The number of hydrogen-bond acceptors (Lipinski definition) is 14. The second-order valence-corrected chi connectivity index (χ2v) is 13.9. The van der Waals surface area contributed by atoms with Gasteiger partial charge in [0.15, 0.2) is 0 Å². The molecule has 2 aromatic rings. The summed E-state index contributed by atoms with van der Waals surface area (Å²) in [7, 11) is 1.71. The molecule has 0 aromatic heterocycles. The Labute approximate surface area is 357 Å². The topological polar surface area (TPSA) is 148 Å². The van der Waals surface area contributed by atoms with Gasteiger partial charge in [-0.25, -0.2) is 4.79 Å². The highest BCUT2D eigenvalue weighted by Gasteiger charge is 2.29. The van der Waals surface area contributed by atoms with E-state index in [-0.39, 0.29) is 24.6 Å². The normalized spacial score (nSPS) is 12.1. The van der Waals surface area contributed by atoms with Crippen molar-refractivity contribution < 1.29 is 66.4 Å². The predicted molar refractivity (Wildman–Crippen MR) is 226 cm³/mol. The Balaban J connectivity index is 0.948. The Morgan fingerprint density at radius 3 is 1.23 bits per heavy atom. The van der Waals surface area contributed by atoms with Crippen LogP contribution in [0.15, 0.2) is 48.5 Å². The first kappa shape index (κ1) is 51.1. The minimum atomic E-state index is -0.367. The number of carbonyl (C=O) groups excluding carboxylic acids is 2. The number of rotatable bonds is 40. The van der Waals surface area contributed by atoms with Crippen molar-refractivity contribution in [1.29, 1.82) is 0 Å². The van der Waals surface area contributed by atoms with Gasteiger partial charge in [-0.05, 0) is 28.7 Å². The van der Waals surface area contributed by atoms with Crippen molar-refractivity contribution in [2.24, 2.45) is 0 Å². The zero-order chi connectivity index (χ0) is 42.6. The van der Waals surface area contributed by atoms with Gasteiger partial charge in [-0.3, -0.25) is 4.79 Å². The van der Waals surface area contributed by atoms with Crippen LogP contribution in [0.5, 0.6) is 0 Å². The molecular formula is C45H71NO14. The SMILES string of the molecule is CCCCCCC(=O)OCCOCCOCCOCCOCCOCCOCCOCCOCCOCCOCCN(C)C(=O)OCC1c2ccccc2-c2ccccc21. The number of likely N-dealkylation sites (N-methyl/N-ethyl adjacent to an activating group) is 1. The van der Waals surface area contributed by atoms with Crippen LogP contribution in [0.4, 0.5) is 4.79 Å². The summed E-state index contributed by atoms with van der Waals surface area (Å²) in [6.07, 6.45) is 4.37. The molecule has 2 aromatic carbocycles. The van der Waals surface area contributed by atoms with Crippen molar-refractivity contribution >= 4 is 12.1 Å². The van der Waals surface area contributed by atoms with Crippen molar-refractivity contribution in [3.63, 3.8) is 0 Å². The van der Waals surface area contributed by atoms with Gasteiger partial charge in [0, 0.05) is 25.9 Å². The second-order valence-electron chi connectivity index (χ2n) is 13.9. The first-order valence-electron chi connectivity index (χ1n) is 21.6. The third-order valence-corrected chi connectivity index (χ3v) is 9.29. The van der Waals surface area contributed by atoms with E-state index in [0.29, 0.717) is 152 Å². The van der Waals surface area contributed by atoms with Gasteiger partial charge in [0.2, 0.25) is 0 Å². The van der Waals surface area contributed by atoms with Gasteiger partial charge in [0.05, 0.1) is 132 Å². The van der Waals surface area contributed by atoms with Crippen molar-refractivity contribution in [2.45, 2.75) is 44.9 Å². The molecule has 0 N–H and O–H groups in total. The molecular weight excluding hydrogens is 778 g/mol. The predicted octanol–water partition coefficient (Wildman–Crippen LogP) is 5.55. The Morgan fingerprint density at radius 2 is 0.833 bits per heavy atom. The molecule has 0 saturated heterocycles. The molecule has 0 atom stereocenters. The van der Waals surface area contributed by atoms with E-state index >= 15 is 0 Å². The number of unbranched alkanes of at least 4 members (excludes halogenated alkanes) is 3.